The Hall–Kier alpha value is -1.28. The second-order valence-corrected chi connectivity index (χ2v) is 4.46. The summed E-state index contributed by atoms with van der Waals surface area (Å²) >= 11 is 0. The molecule has 15 heavy (non-hydrogen) atoms. The van der Waals surface area contributed by atoms with Crippen molar-refractivity contribution in [3.63, 3.8) is 0 Å². The monoisotopic (exact) mass is 212 g/mol. The minimum atomic E-state index is -0.532. The van der Waals surface area contributed by atoms with Crippen molar-refractivity contribution in [1.29, 1.82) is 5.26 Å². The Morgan fingerprint density at radius 3 is 2.53 bits per heavy atom. The Bertz CT molecular complexity index is 273. The normalized spacial score (nSPS) is 16.4. The smallest absolute Gasteiger partial charge is 0.411 e. The summed E-state index contributed by atoms with van der Waals surface area (Å²) < 4.78 is 10.2. The maximum absolute atomic E-state index is 11.7. The Labute approximate surface area is 89.6 Å². The van der Waals surface area contributed by atoms with Crippen molar-refractivity contribution in [2.45, 2.75) is 32.4 Å². The number of nitrogens with zero attached hydrogens (tertiary/aromatic N) is 2. The van der Waals surface area contributed by atoms with Gasteiger partial charge < -0.3 is 9.47 Å². The molecular formula is C10H16N2O3. The zero-order valence-electron chi connectivity index (χ0n) is 9.32. The highest BCUT2D eigenvalue weighted by Gasteiger charge is 2.32. The molecule has 0 bridgehead atoms. The first-order valence-corrected chi connectivity index (χ1v) is 4.88. The summed E-state index contributed by atoms with van der Waals surface area (Å²) in [6.07, 6.45) is -0.447. The number of nitriles is 1. The summed E-state index contributed by atoms with van der Waals surface area (Å²) in [6.45, 7) is 6.41. The Kier molecular flexibility index (Phi) is 3.53. The van der Waals surface area contributed by atoms with Gasteiger partial charge in [0.25, 0.3) is 0 Å². The van der Waals surface area contributed by atoms with E-state index in [1.807, 2.05) is 6.07 Å². The molecule has 0 saturated carbocycles. The van der Waals surface area contributed by atoms with E-state index in [-0.39, 0.29) is 12.6 Å². The van der Waals surface area contributed by atoms with E-state index >= 15 is 0 Å². The number of ether oxygens (including phenoxy) is 2. The number of rotatable bonds is 2. The van der Waals surface area contributed by atoms with Gasteiger partial charge in [0.15, 0.2) is 0 Å². The number of carbonyl (C=O) groups excluding carboxylic acids is 1. The summed E-state index contributed by atoms with van der Waals surface area (Å²) in [7, 11) is 0. The van der Waals surface area contributed by atoms with Crippen molar-refractivity contribution in [2.24, 2.45) is 0 Å². The summed E-state index contributed by atoms with van der Waals surface area (Å²) in [5, 5.41) is 8.61. The zero-order chi connectivity index (χ0) is 11.5. The van der Waals surface area contributed by atoms with Gasteiger partial charge in [0, 0.05) is 0 Å². The van der Waals surface area contributed by atoms with E-state index in [4.69, 9.17) is 14.7 Å². The van der Waals surface area contributed by atoms with Crippen LogP contribution in [0, 0.1) is 11.3 Å². The van der Waals surface area contributed by atoms with Gasteiger partial charge in [-0.05, 0) is 20.8 Å². The van der Waals surface area contributed by atoms with Gasteiger partial charge in [0.05, 0.1) is 25.3 Å². The van der Waals surface area contributed by atoms with Crippen LogP contribution in [0.5, 0.6) is 0 Å². The van der Waals surface area contributed by atoms with Crippen LogP contribution in [0.4, 0.5) is 4.79 Å². The fourth-order valence-corrected chi connectivity index (χ4v) is 1.14. The molecule has 5 heteroatoms. The second-order valence-electron chi connectivity index (χ2n) is 4.46. The minimum Gasteiger partial charge on any atom is -0.444 e. The molecule has 0 aromatic rings. The third kappa shape index (κ3) is 3.40. The minimum absolute atomic E-state index is 0.0144. The topological polar surface area (TPSA) is 62.6 Å². The molecule has 84 valence electrons. The maximum atomic E-state index is 11.7. The van der Waals surface area contributed by atoms with Gasteiger partial charge in [0.1, 0.15) is 12.1 Å². The first-order valence-electron chi connectivity index (χ1n) is 4.88. The van der Waals surface area contributed by atoms with Crippen molar-refractivity contribution >= 4 is 6.09 Å². The average molecular weight is 212 g/mol. The van der Waals surface area contributed by atoms with Crippen molar-refractivity contribution in [3.8, 4) is 6.07 Å². The third-order valence-electron chi connectivity index (χ3n) is 1.93. The van der Waals surface area contributed by atoms with E-state index in [2.05, 4.69) is 0 Å². The van der Waals surface area contributed by atoms with Gasteiger partial charge in [-0.15, -0.1) is 0 Å². The molecule has 0 radical (unpaired) electrons. The quantitative estimate of drug-likeness (QED) is 0.644. The van der Waals surface area contributed by atoms with E-state index in [0.29, 0.717) is 13.2 Å². The van der Waals surface area contributed by atoms with E-state index in [1.165, 1.54) is 4.90 Å². The van der Waals surface area contributed by atoms with Crippen LogP contribution in [0.25, 0.3) is 0 Å². The molecule has 0 aromatic heterocycles. The highest BCUT2D eigenvalue weighted by atomic mass is 16.6. The fraction of sp³-hybridized carbons (Fsp3) is 0.800. The Morgan fingerprint density at radius 2 is 2.20 bits per heavy atom. The molecular weight excluding hydrogens is 196 g/mol. The lowest BCUT2D eigenvalue weighted by atomic mass is 10.2. The molecule has 1 aliphatic heterocycles. The lowest BCUT2D eigenvalue weighted by Gasteiger charge is -2.36. The van der Waals surface area contributed by atoms with Crippen LogP contribution in [0.2, 0.25) is 0 Å². The zero-order valence-corrected chi connectivity index (χ0v) is 9.32. The van der Waals surface area contributed by atoms with Crippen molar-refractivity contribution in [1.82, 2.24) is 4.90 Å². The molecule has 1 fully saturated rings. The van der Waals surface area contributed by atoms with Gasteiger partial charge in [0.2, 0.25) is 0 Å². The SMILES string of the molecule is CC(C)(C)OC(=O)N(CC#N)C1COC1. The number of hydrogen-bond donors (Lipinski definition) is 0. The highest BCUT2D eigenvalue weighted by Crippen LogP contribution is 2.15. The van der Waals surface area contributed by atoms with E-state index < -0.39 is 11.7 Å². The van der Waals surface area contributed by atoms with E-state index in [1.54, 1.807) is 20.8 Å². The van der Waals surface area contributed by atoms with Crippen LogP contribution in [0.1, 0.15) is 20.8 Å². The van der Waals surface area contributed by atoms with Crippen molar-refractivity contribution in [2.75, 3.05) is 19.8 Å². The highest BCUT2D eigenvalue weighted by molar-refractivity contribution is 5.69. The molecule has 1 heterocycles. The molecule has 0 aromatic carbocycles. The summed E-state index contributed by atoms with van der Waals surface area (Å²) in [5.74, 6) is 0. The molecule has 1 rings (SSSR count). The first-order chi connectivity index (χ1) is 6.94. The van der Waals surface area contributed by atoms with Crippen molar-refractivity contribution in [3.05, 3.63) is 0 Å². The van der Waals surface area contributed by atoms with Crippen LogP contribution in [-0.2, 0) is 9.47 Å². The first kappa shape index (κ1) is 11.8. The van der Waals surface area contributed by atoms with E-state index in [9.17, 15) is 4.79 Å². The Balaban J connectivity index is 2.55. The molecule has 1 aliphatic rings. The van der Waals surface area contributed by atoms with Crippen molar-refractivity contribution < 1.29 is 14.3 Å². The second kappa shape index (κ2) is 4.49. The Morgan fingerprint density at radius 1 is 1.60 bits per heavy atom. The van der Waals surface area contributed by atoms with Gasteiger partial charge in [-0.25, -0.2) is 4.79 Å². The lowest BCUT2D eigenvalue weighted by molar-refractivity contribution is -0.0666. The van der Waals surface area contributed by atoms with Gasteiger partial charge >= 0.3 is 6.09 Å². The van der Waals surface area contributed by atoms with Crippen LogP contribution >= 0.6 is 0 Å². The predicted octanol–water partition coefficient (Wildman–Crippen LogP) is 1.15. The fourth-order valence-electron chi connectivity index (χ4n) is 1.14. The van der Waals surface area contributed by atoms with Gasteiger partial charge in [-0.1, -0.05) is 0 Å². The predicted molar refractivity (Wildman–Crippen MR) is 53.2 cm³/mol. The van der Waals surface area contributed by atoms with Gasteiger partial charge in [-0.3, -0.25) is 4.90 Å². The third-order valence-corrected chi connectivity index (χ3v) is 1.93. The molecule has 1 saturated heterocycles. The van der Waals surface area contributed by atoms with Crippen LogP contribution in [0.3, 0.4) is 0 Å². The number of hydrogen-bond acceptors (Lipinski definition) is 4. The molecule has 0 atom stereocenters. The van der Waals surface area contributed by atoms with Crippen LogP contribution in [-0.4, -0.2) is 42.4 Å². The van der Waals surface area contributed by atoms with E-state index in [0.717, 1.165) is 0 Å². The summed E-state index contributed by atoms with van der Waals surface area (Å²) in [5.41, 5.74) is -0.532. The maximum Gasteiger partial charge on any atom is 0.411 e. The van der Waals surface area contributed by atoms with Gasteiger partial charge in [-0.2, -0.15) is 5.26 Å². The largest absolute Gasteiger partial charge is 0.444 e. The molecule has 0 unspecified atom stereocenters. The number of amides is 1. The molecule has 5 nitrogen and oxygen atoms in total. The summed E-state index contributed by atoms with van der Waals surface area (Å²) in [6, 6.07) is 1.94. The van der Waals surface area contributed by atoms with Crippen LogP contribution in [0.15, 0.2) is 0 Å². The number of carbonyl (C=O) groups is 1. The summed E-state index contributed by atoms with van der Waals surface area (Å²) in [4.78, 5) is 13.1. The average Bonchev–Trinajstić information content (AvgIpc) is 1.96. The molecule has 0 N–H and O–H groups in total. The standard InChI is InChI=1S/C10H16N2O3/c1-10(2,3)15-9(13)12(5-4-11)8-6-14-7-8/h8H,5-7H2,1-3H3. The molecule has 0 spiro atoms. The molecule has 1 amide bonds. The molecule has 0 aliphatic carbocycles. The van der Waals surface area contributed by atoms with Crippen LogP contribution < -0.4 is 0 Å². The lowest BCUT2D eigenvalue weighted by Crippen LogP contribution is -2.53.